The van der Waals surface area contributed by atoms with Crippen molar-refractivity contribution in [2.24, 2.45) is 10.9 Å². The van der Waals surface area contributed by atoms with E-state index in [0.717, 1.165) is 24.1 Å². The quantitative estimate of drug-likeness (QED) is 0.421. The predicted molar refractivity (Wildman–Crippen MR) is 108 cm³/mol. The number of nitrogens with zero attached hydrogens (tertiary/aromatic N) is 2. The topological polar surface area (TPSA) is 49.3 Å². The summed E-state index contributed by atoms with van der Waals surface area (Å²) in [4.78, 5) is 8.77. The fourth-order valence-corrected chi connectivity index (χ4v) is 3.26. The number of guanidine groups is 1. The summed E-state index contributed by atoms with van der Waals surface area (Å²) in [6, 6.07) is 4.62. The average molecular weight is 430 g/mol. The summed E-state index contributed by atoms with van der Waals surface area (Å²) in [5.74, 6) is 1.83. The van der Waals surface area contributed by atoms with Crippen LogP contribution < -0.4 is 10.6 Å². The zero-order valence-corrected chi connectivity index (χ0v) is 17.0. The summed E-state index contributed by atoms with van der Waals surface area (Å²) in [5.41, 5.74) is 2.29. The van der Waals surface area contributed by atoms with Crippen molar-refractivity contribution in [1.29, 1.82) is 0 Å². The van der Waals surface area contributed by atoms with Crippen molar-refractivity contribution < 1.29 is 0 Å². The first-order chi connectivity index (χ1) is 10.7. The second kappa shape index (κ2) is 10.8. The Morgan fingerprint density at radius 2 is 2.04 bits per heavy atom. The molecule has 5 heteroatoms. The van der Waals surface area contributed by atoms with Gasteiger partial charge in [0.05, 0.1) is 12.2 Å². The van der Waals surface area contributed by atoms with E-state index >= 15 is 0 Å². The second-order valence-corrected chi connectivity index (χ2v) is 6.34. The third-order valence-electron chi connectivity index (χ3n) is 4.65. The summed E-state index contributed by atoms with van der Waals surface area (Å²) in [5, 5.41) is 6.96. The molecule has 0 spiro atoms. The minimum Gasteiger partial charge on any atom is -0.354 e. The maximum Gasteiger partial charge on any atom is 0.191 e. The van der Waals surface area contributed by atoms with Crippen molar-refractivity contribution in [2.75, 3.05) is 7.05 Å². The van der Waals surface area contributed by atoms with Crippen LogP contribution in [0.3, 0.4) is 0 Å². The first-order valence-electron chi connectivity index (χ1n) is 8.60. The molecule has 4 nitrogen and oxygen atoms in total. The lowest BCUT2D eigenvalue weighted by molar-refractivity contribution is 0.295. The van der Waals surface area contributed by atoms with Gasteiger partial charge in [-0.3, -0.25) is 9.98 Å². The van der Waals surface area contributed by atoms with Gasteiger partial charge in [-0.05, 0) is 50.2 Å². The van der Waals surface area contributed by atoms with Crippen molar-refractivity contribution in [2.45, 2.75) is 65.0 Å². The van der Waals surface area contributed by atoms with Gasteiger partial charge in [-0.1, -0.05) is 25.8 Å². The van der Waals surface area contributed by atoms with Crippen molar-refractivity contribution in [3.8, 4) is 0 Å². The highest BCUT2D eigenvalue weighted by Gasteiger charge is 2.21. The standard InChI is InChI=1S/C18H30N4.HI/c1-4-6-15-8-10-16(11-9-15)22-18(19-3)21-13-17-14(2)7-5-12-20-17;/h5,7,12,15-16H,4,6,8-11,13H2,1-3H3,(H2,19,21,22);1H. The Balaban J connectivity index is 0.00000264. The molecule has 1 saturated carbocycles. The van der Waals surface area contributed by atoms with Crippen LogP contribution in [0.5, 0.6) is 0 Å². The maximum atomic E-state index is 4.42. The van der Waals surface area contributed by atoms with Gasteiger partial charge in [-0.2, -0.15) is 0 Å². The molecule has 2 rings (SSSR count). The highest BCUT2D eigenvalue weighted by atomic mass is 127. The molecule has 23 heavy (non-hydrogen) atoms. The molecule has 130 valence electrons. The molecular formula is C18H31IN4. The van der Waals surface area contributed by atoms with Gasteiger partial charge >= 0.3 is 0 Å². The summed E-state index contributed by atoms with van der Waals surface area (Å²) >= 11 is 0. The van der Waals surface area contributed by atoms with E-state index in [2.05, 4.69) is 40.5 Å². The summed E-state index contributed by atoms with van der Waals surface area (Å²) in [7, 11) is 1.84. The smallest absolute Gasteiger partial charge is 0.191 e. The molecule has 0 bridgehead atoms. The summed E-state index contributed by atoms with van der Waals surface area (Å²) < 4.78 is 0. The highest BCUT2D eigenvalue weighted by molar-refractivity contribution is 14.0. The third kappa shape index (κ3) is 6.65. The van der Waals surface area contributed by atoms with E-state index in [9.17, 15) is 0 Å². The number of pyridine rings is 1. The number of aromatic nitrogens is 1. The molecule has 1 heterocycles. The number of hydrogen-bond donors (Lipinski definition) is 2. The Bertz CT molecular complexity index is 482. The molecule has 1 aliphatic rings. The van der Waals surface area contributed by atoms with Crippen LogP contribution in [0, 0.1) is 12.8 Å². The Morgan fingerprint density at radius 3 is 2.65 bits per heavy atom. The highest BCUT2D eigenvalue weighted by Crippen LogP contribution is 2.27. The van der Waals surface area contributed by atoms with Crippen LogP contribution in [0.4, 0.5) is 0 Å². The molecule has 1 aliphatic carbocycles. The molecule has 0 aliphatic heterocycles. The average Bonchev–Trinajstić information content (AvgIpc) is 2.54. The van der Waals surface area contributed by atoms with Crippen molar-refractivity contribution in [1.82, 2.24) is 15.6 Å². The van der Waals surface area contributed by atoms with Crippen LogP contribution in [-0.4, -0.2) is 24.0 Å². The van der Waals surface area contributed by atoms with E-state index in [-0.39, 0.29) is 24.0 Å². The second-order valence-electron chi connectivity index (χ2n) is 6.34. The van der Waals surface area contributed by atoms with Gasteiger partial charge in [0.1, 0.15) is 0 Å². The van der Waals surface area contributed by atoms with E-state index in [1.165, 1.54) is 44.1 Å². The molecule has 1 aromatic heterocycles. The third-order valence-corrected chi connectivity index (χ3v) is 4.65. The van der Waals surface area contributed by atoms with Crippen LogP contribution in [0.25, 0.3) is 0 Å². The number of aryl methyl sites for hydroxylation is 1. The van der Waals surface area contributed by atoms with E-state index < -0.39 is 0 Å². The molecule has 2 N–H and O–H groups in total. The van der Waals surface area contributed by atoms with Gasteiger partial charge in [-0.25, -0.2) is 0 Å². The van der Waals surface area contributed by atoms with Gasteiger partial charge in [0.15, 0.2) is 5.96 Å². The molecular weight excluding hydrogens is 399 g/mol. The van der Waals surface area contributed by atoms with Crippen LogP contribution in [0.1, 0.15) is 56.7 Å². The number of nitrogens with one attached hydrogen (secondary N) is 2. The molecule has 0 amide bonds. The largest absolute Gasteiger partial charge is 0.354 e. The normalized spacial score (nSPS) is 21.4. The van der Waals surface area contributed by atoms with Crippen LogP contribution >= 0.6 is 24.0 Å². The Hall–Kier alpha value is -0.850. The van der Waals surface area contributed by atoms with Crippen molar-refractivity contribution >= 4 is 29.9 Å². The predicted octanol–water partition coefficient (Wildman–Crippen LogP) is 4.03. The summed E-state index contributed by atoms with van der Waals surface area (Å²) in [6.07, 6.45) is 9.76. The van der Waals surface area contributed by atoms with Gasteiger partial charge < -0.3 is 10.6 Å². The van der Waals surface area contributed by atoms with E-state index in [1.807, 2.05) is 19.3 Å². The van der Waals surface area contributed by atoms with Gasteiger partial charge in [0, 0.05) is 19.3 Å². The Morgan fingerprint density at radius 1 is 1.30 bits per heavy atom. The summed E-state index contributed by atoms with van der Waals surface area (Å²) in [6.45, 7) is 5.10. The van der Waals surface area contributed by atoms with Crippen molar-refractivity contribution in [3.05, 3.63) is 29.6 Å². The first kappa shape index (κ1) is 20.2. The Kier molecular flexibility index (Phi) is 9.52. The van der Waals surface area contributed by atoms with E-state index in [4.69, 9.17) is 0 Å². The molecule has 0 unspecified atom stereocenters. The lowest BCUT2D eigenvalue weighted by atomic mass is 9.83. The number of aliphatic imine (C=N–C) groups is 1. The fraction of sp³-hybridized carbons (Fsp3) is 0.667. The van der Waals surface area contributed by atoms with E-state index in [0.29, 0.717) is 6.04 Å². The van der Waals surface area contributed by atoms with Gasteiger partial charge in [-0.15, -0.1) is 24.0 Å². The molecule has 0 atom stereocenters. The number of rotatable bonds is 5. The van der Waals surface area contributed by atoms with Crippen LogP contribution in [0.15, 0.2) is 23.3 Å². The van der Waals surface area contributed by atoms with Crippen LogP contribution in [0.2, 0.25) is 0 Å². The van der Waals surface area contributed by atoms with E-state index in [1.54, 1.807) is 0 Å². The fourth-order valence-electron chi connectivity index (χ4n) is 3.26. The van der Waals surface area contributed by atoms with Crippen LogP contribution in [-0.2, 0) is 6.54 Å². The van der Waals surface area contributed by atoms with Crippen molar-refractivity contribution in [3.63, 3.8) is 0 Å². The van der Waals surface area contributed by atoms with Gasteiger partial charge in [0.25, 0.3) is 0 Å². The molecule has 1 fully saturated rings. The number of halogens is 1. The SMILES string of the molecule is CCCC1CCC(NC(=NC)NCc2ncccc2C)CC1.I. The maximum absolute atomic E-state index is 4.42. The minimum absolute atomic E-state index is 0. The first-order valence-corrected chi connectivity index (χ1v) is 8.60. The molecule has 0 saturated heterocycles. The lowest BCUT2D eigenvalue weighted by Crippen LogP contribution is -2.44. The molecule has 0 aromatic carbocycles. The molecule has 1 aromatic rings. The monoisotopic (exact) mass is 430 g/mol. The zero-order valence-electron chi connectivity index (χ0n) is 14.6. The minimum atomic E-state index is 0. The zero-order chi connectivity index (χ0) is 15.8. The Labute approximate surface area is 158 Å². The lowest BCUT2D eigenvalue weighted by Gasteiger charge is -2.30. The molecule has 0 radical (unpaired) electrons. The van der Waals surface area contributed by atoms with Gasteiger partial charge in [0.2, 0.25) is 0 Å². The number of hydrogen-bond acceptors (Lipinski definition) is 2.